The maximum Gasteiger partial charge on any atom is 0.338 e. The zero-order chi connectivity index (χ0) is 26.4. The number of imide groups is 1. The van der Waals surface area contributed by atoms with Crippen molar-refractivity contribution in [2.24, 2.45) is 0 Å². The second-order valence-corrected chi connectivity index (χ2v) is 9.23. The van der Waals surface area contributed by atoms with Crippen molar-refractivity contribution < 1.29 is 33.3 Å². The molecule has 1 saturated heterocycles. The molecule has 8 nitrogen and oxygen atoms in total. The Kier molecular flexibility index (Phi) is 8.15. The third-order valence-electron chi connectivity index (χ3n) is 5.58. The Balaban J connectivity index is 1.55. The van der Waals surface area contributed by atoms with Crippen LogP contribution in [0.25, 0.3) is 11.6 Å². The van der Waals surface area contributed by atoms with Gasteiger partial charge in [0, 0.05) is 6.07 Å². The van der Waals surface area contributed by atoms with Crippen molar-refractivity contribution in [2.45, 2.75) is 11.7 Å². The highest BCUT2D eigenvalue weighted by Gasteiger charge is 2.31. The van der Waals surface area contributed by atoms with Crippen molar-refractivity contribution in [3.63, 3.8) is 0 Å². The van der Waals surface area contributed by atoms with E-state index < -0.39 is 11.2 Å². The maximum absolute atomic E-state index is 12.7. The third-order valence-corrected chi connectivity index (χ3v) is 6.56. The van der Waals surface area contributed by atoms with Crippen LogP contribution in [0.1, 0.15) is 16.7 Å². The number of hydrogen-bond donors (Lipinski definition) is 1. The van der Waals surface area contributed by atoms with Gasteiger partial charge >= 0.3 is 5.97 Å². The van der Waals surface area contributed by atoms with Gasteiger partial charge in [-0.3, -0.25) is 14.9 Å². The molecule has 0 spiro atoms. The van der Waals surface area contributed by atoms with Crippen LogP contribution in [0.5, 0.6) is 23.0 Å². The first-order chi connectivity index (χ1) is 17.9. The molecule has 1 unspecified atom stereocenters. The largest absolute Gasteiger partial charge is 0.497 e. The highest BCUT2D eigenvalue weighted by atomic mass is 32.2. The standard InChI is InChI=1S/C28H25NO7S/c1-33-22-11-18(12-23(16-22)34-2)13-24(27(31)35-3)19-5-4-6-21(15-19)36-20-9-7-17(8-10-20)14-25-26(30)29-28(32)37-25/h4-13,15-16,25H,14H2,1-3H3,(H,29,30,32)/b24-13+. The minimum Gasteiger partial charge on any atom is -0.497 e. The fraction of sp³-hybridized carbons (Fsp3) is 0.179. The molecule has 9 heteroatoms. The Morgan fingerprint density at radius 1 is 0.892 bits per heavy atom. The van der Waals surface area contributed by atoms with Crippen LogP contribution in [0.4, 0.5) is 4.79 Å². The summed E-state index contributed by atoms with van der Waals surface area (Å²) in [5, 5.41) is 1.55. The average Bonchev–Trinajstić information content (AvgIpc) is 3.23. The van der Waals surface area contributed by atoms with E-state index >= 15 is 0 Å². The monoisotopic (exact) mass is 519 g/mol. The summed E-state index contributed by atoms with van der Waals surface area (Å²) in [7, 11) is 4.44. The summed E-state index contributed by atoms with van der Waals surface area (Å²) in [4.78, 5) is 35.9. The number of nitrogens with one attached hydrogen (secondary N) is 1. The van der Waals surface area contributed by atoms with Crippen LogP contribution < -0.4 is 19.5 Å². The molecule has 190 valence electrons. The van der Waals surface area contributed by atoms with Gasteiger partial charge in [-0.05, 0) is 65.6 Å². The first-order valence-corrected chi connectivity index (χ1v) is 12.2. The second-order valence-electron chi connectivity index (χ2n) is 8.06. The third kappa shape index (κ3) is 6.50. The van der Waals surface area contributed by atoms with E-state index in [0.29, 0.717) is 46.1 Å². The lowest BCUT2D eigenvalue weighted by Gasteiger charge is -2.11. The van der Waals surface area contributed by atoms with Gasteiger partial charge in [-0.2, -0.15) is 0 Å². The van der Waals surface area contributed by atoms with Gasteiger partial charge in [0.25, 0.3) is 5.24 Å². The molecule has 1 aliphatic heterocycles. The van der Waals surface area contributed by atoms with Crippen LogP contribution in [0.3, 0.4) is 0 Å². The van der Waals surface area contributed by atoms with E-state index in [4.69, 9.17) is 18.9 Å². The van der Waals surface area contributed by atoms with Gasteiger partial charge in [0.15, 0.2) is 0 Å². The van der Waals surface area contributed by atoms with Crippen LogP contribution in [0.15, 0.2) is 66.7 Å². The number of methoxy groups -OCH3 is 3. The van der Waals surface area contributed by atoms with E-state index in [-0.39, 0.29) is 11.1 Å². The molecule has 0 aliphatic carbocycles. The predicted molar refractivity (Wildman–Crippen MR) is 141 cm³/mol. The second kappa shape index (κ2) is 11.7. The van der Waals surface area contributed by atoms with E-state index in [1.165, 1.54) is 7.11 Å². The lowest BCUT2D eigenvalue weighted by atomic mass is 10.0. The summed E-state index contributed by atoms with van der Waals surface area (Å²) < 4.78 is 21.7. The SMILES string of the molecule is COC(=O)/C(=C/c1cc(OC)cc(OC)c1)c1cccc(Oc2ccc(CC3SC(=O)NC3=O)cc2)c1. The number of hydrogen-bond acceptors (Lipinski definition) is 8. The molecule has 0 bridgehead atoms. The number of carbonyl (C=O) groups excluding carboxylic acids is 3. The highest BCUT2D eigenvalue weighted by molar-refractivity contribution is 8.15. The number of ether oxygens (including phenoxy) is 4. The summed E-state index contributed by atoms with van der Waals surface area (Å²) in [5.74, 6) is 1.52. The number of rotatable bonds is 9. The first-order valence-electron chi connectivity index (χ1n) is 11.3. The van der Waals surface area contributed by atoms with Gasteiger partial charge < -0.3 is 18.9 Å². The van der Waals surface area contributed by atoms with Gasteiger partial charge in [-0.25, -0.2) is 4.79 Å². The average molecular weight is 520 g/mol. The van der Waals surface area contributed by atoms with Gasteiger partial charge in [0.05, 0.1) is 32.2 Å². The number of thioether (sulfide) groups is 1. The summed E-state index contributed by atoms with van der Waals surface area (Å²) in [6.07, 6.45) is 2.15. The van der Waals surface area contributed by atoms with Gasteiger partial charge in [0.2, 0.25) is 5.91 Å². The number of esters is 1. The Morgan fingerprint density at radius 2 is 1.59 bits per heavy atom. The zero-order valence-corrected chi connectivity index (χ0v) is 21.3. The van der Waals surface area contributed by atoms with Gasteiger partial charge in [0.1, 0.15) is 23.0 Å². The molecular weight excluding hydrogens is 494 g/mol. The molecule has 4 rings (SSSR count). The molecule has 1 atom stereocenters. The lowest BCUT2D eigenvalue weighted by Crippen LogP contribution is -2.25. The normalized spacial score (nSPS) is 15.2. The van der Waals surface area contributed by atoms with E-state index in [1.807, 2.05) is 12.1 Å². The molecule has 37 heavy (non-hydrogen) atoms. The van der Waals surface area contributed by atoms with Gasteiger partial charge in [-0.1, -0.05) is 36.0 Å². The van der Waals surface area contributed by atoms with Crippen LogP contribution >= 0.6 is 11.8 Å². The Morgan fingerprint density at radius 3 is 2.19 bits per heavy atom. The van der Waals surface area contributed by atoms with Crippen molar-refractivity contribution in [1.29, 1.82) is 0 Å². The predicted octanol–water partition coefficient (Wildman–Crippen LogP) is 5.10. The van der Waals surface area contributed by atoms with Crippen LogP contribution in [0, 0.1) is 0 Å². The van der Waals surface area contributed by atoms with Crippen LogP contribution in [0.2, 0.25) is 0 Å². The number of carbonyl (C=O) groups is 3. The maximum atomic E-state index is 12.7. The van der Waals surface area contributed by atoms with E-state index in [2.05, 4.69) is 5.32 Å². The van der Waals surface area contributed by atoms with Crippen molar-refractivity contribution in [2.75, 3.05) is 21.3 Å². The molecule has 3 aromatic rings. The number of amides is 2. The molecule has 1 fully saturated rings. The Labute approximate surface area is 218 Å². The summed E-state index contributed by atoms with van der Waals surface area (Å²) in [6.45, 7) is 0. The van der Waals surface area contributed by atoms with Crippen molar-refractivity contribution in [1.82, 2.24) is 5.32 Å². The van der Waals surface area contributed by atoms with Gasteiger partial charge in [-0.15, -0.1) is 0 Å². The number of benzene rings is 3. The molecule has 3 aromatic carbocycles. The van der Waals surface area contributed by atoms with E-state index in [0.717, 1.165) is 17.3 Å². The molecule has 0 saturated carbocycles. The minimum absolute atomic E-state index is 0.269. The van der Waals surface area contributed by atoms with Crippen LogP contribution in [-0.4, -0.2) is 43.7 Å². The zero-order valence-electron chi connectivity index (χ0n) is 20.5. The fourth-order valence-corrected chi connectivity index (χ4v) is 4.61. The Bertz CT molecular complexity index is 1330. The fourth-order valence-electron chi connectivity index (χ4n) is 3.75. The van der Waals surface area contributed by atoms with E-state index in [9.17, 15) is 14.4 Å². The molecule has 1 aliphatic rings. The van der Waals surface area contributed by atoms with Crippen molar-refractivity contribution in [3.8, 4) is 23.0 Å². The summed E-state index contributed by atoms with van der Waals surface area (Å²) >= 11 is 1.00. The Hall–Kier alpha value is -4.24. The smallest absolute Gasteiger partial charge is 0.338 e. The summed E-state index contributed by atoms with van der Waals surface area (Å²) in [6, 6.07) is 19.7. The molecule has 0 aromatic heterocycles. The molecule has 1 N–H and O–H groups in total. The molecule has 2 amide bonds. The molecule has 0 radical (unpaired) electrons. The lowest BCUT2D eigenvalue weighted by molar-refractivity contribution is -0.133. The molecule has 1 heterocycles. The van der Waals surface area contributed by atoms with Crippen molar-refractivity contribution in [3.05, 3.63) is 83.4 Å². The van der Waals surface area contributed by atoms with Crippen molar-refractivity contribution >= 4 is 40.5 Å². The molecular formula is C28H25NO7S. The van der Waals surface area contributed by atoms with E-state index in [1.54, 1.807) is 74.9 Å². The highest BCUT2D eigenvalue weighted by Crippen LogP contribution is 2.30. The first kappa shape index (κ1) is 25.8. The quantitative estimate of drug-likeness (QED) is 0.237. The topological polar surface area (TPSA) is 100 Å². The van der Waals surface area contributed by atoms with Crippen LogP contribution in [-0.2, 0) is 20.7 Å². The summed E-state index contributed by atoms with van der Waals surface area (Å²) in [5.41, 5.74) is 2.56. The minimum atomic E-state index is -0.504.